The summed E-state index contributed by atoms with van der Waals surface area (Å²) in [4.78, 5) is 16.6. The topological polar surface area (TPSA) is 29.4 Å². The Morgan fingerprint density at radius 2 is 1.88 bits per heavy atom. The minimum atomic E-state index is -0.0116. The number of carbonyl (C=O) groups is 1. The van der Waals surface area contributed by atoms with Crippen LogP contribution in [0.2, 0.25) is 5.02 Å². The Bertz CT molecular complexity index is 872. The average Bonchev–Trinajstić information content (AvgIpc) is 2.94. The van der Waals surface area contributed by atoms with Gasteiger partial charge in [0.05, 0.1) is 0 Å². The molecule has 1 heterocycles. The summed E-state index contributed by atoms with van der Waals surface area (Å²) >= 11 is 8.89. The molecular formula is C20H16ClNOS2. The fourth-order valence-corrected chi connectivity index (χ4v) is 4.40. The van der Waals surface area contributed by atoms with Crippen molar-refractivity contribution < 1.29 is 4.79 Å². The van der Waals surface area contributed by atoms with Crippen molar-refractivity contribution >= 4 is 50.7 Å². The Labute approximate surface area is 161 Å². The third-order valence-electron chi connectivity index (χ3n) is 3.47. The zero-order valence-electron chi connectivity index (χ0n) is 13.6. The molecule has 0 aromatic heterocycles. The van der Waals surface area contributed by atoms with Crippen molar-refractivity contribution in [2.45, 2.75) is 12.7 Å². The molecule has 0 atom stereocenters. The van der Waals surface area contributed by atoms with Crippen molar-refractivity contribution in [2.75, 3.05) is 0 Å². The van der Waals surface area contributed by atoms with Gasteiger partial charge in [-0.1, -0.05) is 78.0 Å². The number of hydrogen-bond acceptors (Lipinski definition) is 4. The number of nitrogens with zero attached hydrogens (tertiary/aromatic N) is 1. The quantitative estimate of drug-likeness (QED) is 0.587. The predicted octanol–water partition coefficient (Wildman–Crippen LogP) is 6.19. The van der Waals surface area contributed by atoms with E-state index in [0.717, 1.165) is 26.1 Å². The molecule has 3 rings (SSSR count). The summed E-state index contributed by atoms with van der Waals surface area (Å²) in [6.07, 6.45) is 3.88. The van der Waals surface area contributed by atoms with Gasteiger partial charge in [-0.3, -0.25) is 4.79 Å². The molecule has 0 saturated carbocycles. The molecular weight excluding hydrogens is 370 g/mol. The zero-order chi connectivity index (χ0) is 17.6. The highest BCUT2D eigenvalue weighted by Gasteiger charge is 2.22. The van der Waals surface area contributed by atoms with Crippen LogP contribution in [-0.4, -0.2) is 9.49 Å². The fraction of sp³-hybridized carbons (Fsp3) is 0.100. The molecule has 0 aliphatic carbocycles. The van der Waals surface area contributed by atoms with Crippen LogP contribution >= 0.6 is 35.1 Å². The number of aliphatic imine (C=N–C) groups is 1. The van der Waals surface area contributed by atoms with E-state index < -0.39 is 0 Å². The Balaban J connectivity index is 1.69. The monoisotopic (exact) mass is 385 g/mol. The molecule has 1 aliphatic rings. The number of rotatable bonds is 4. The Morgan fingerprint density at radius 3 is 2.64 bits per heavy atom. The van der Waals surface area contributed by atoms with Gasteiger partial charge in [-0.25, -0.2) is 4.99 Å². The number of carbonyl (C=O) groups excluding carboxylic acids is 1. The normalized spacial score (nSPS) is 16.4. The molecule has 2 nitrogen and oxygen atoms in total. The number of benzene rings is 2. The molecule has 126 valence electrons. The van der Waals surface area contributed by atoms with E-state index in [4.69, 9.17) is 11.6 Å². The van der Waals surface area contributed by atoms with Crippen LogP contribution in [0.25, 0.3) is 6.08 Å². The lowest BCUT2D eigenvalue weighted by atomic mass is 10.1. The highest BCUT2D eigenvalue weighted by Crippen LogP contribution is 2.33. The maximum absolute atomic E-state index is 12.2. The Kier molecular flexibility index (Phi) is 6.19. The summed E-state index contributed by atoms with van der Waals surface area (Å²) in [5.74, 6) is 0.699. The number of hydrogen-bond donors (Lipinski definition) is 0. The summed E-state index contributed by atoms with van der Waals surface area (Å²) in [5, 5.41) is 0.727. The Hall–Kier alpha value is -1.75. The summed E-state index contributed by atoms with van der Waals surface area (Å²) in [5.41, 5.74) is 3.64. The summed E-state index contributed by atoms with van der Waals surface area (Å²) in [7, 11) is 0. The van der Waals surface area contributed by atoms with Gasteiger partial charge in [0.15, 0.2) is 0 Å². The standard InChI is InChI=1S/C20H16ClNOS2/c1-14(11-15-7-3-2-4-8-15)12-18-19(23)25-20(22-18)24-13-16-9-5-6-10-17(16)21/h2-12H,13H2,1H3. The molecule has 0 amide bonds. The SMILES string of the molecule is CC(=Cc1ccccc1)C=C1N=C(SCc2ccccc2Cl)SC1=O. The molecule has 25 heavy (non-hydrogen) atoms. The van der Waals surface area contributed by atoms with E-state index in [1.165, 1.54) is 23.5 Å². The van der Waals surface area contributed by atoms with E-state index in [-0.39, 0.29) is 5.12 Å². The molecule has 2 aromatic carbocycles. The van der Waals surface area contributed by atoms with Crippen molar-refractivity contribution in [1.29, 1.82) is 0 Å². The predicted molar refractivity (Wildman–Crippen MR) is 111 cm³/mol. The lowest BCUT2D eigenvalue weighted by molar-refractivity contribution is -0.107. The summed E-state index contributed by atoms with van der Waals surface area (Å²) < 4.78 is 0.767. The summed E-state index contributed by atoms with van der Waals surface area (Å²) in [6, 6.07) is 17.7. The van der Waals surface area contributed by atoms with E-state index in [0.29, 0.717) is 11.4 Å². The molecule has 0 fully saturated rings. The first-order valence-corrected chi connectivity index (χ1v) is 9.92. The molecule has 0 bridgehead atoms. The van der Waals surface area contributed by atoms with Gasteiger partial charge in [0.2, 0.25) is 5.12 Å². The lowest BCUT2D eigenvalue weighted by Crippen LogP contribution is -1.89. The third kappa shape index (κ3) is 5.11. The van der Waals surface area contributed by atoms with Gasteiger partial charge in [-0.2, -0.15) is 0 Å². The van der Waals surface area contributed by atoms with Gasteiger partial charge < -0.3 is 0 Å². The first-order chi connectivity index (χ1) is 12.1. The number of thioether (sulfide) groups is 2. The van der Waals surface area contributed by atoms with Crippen molar-refractivity contribution in [2.24, 2.45) is 4.99 Å². The van der Waals surface area contributed by atoms with Crippen LogP contribution in [0.4, 0.5) is 0 Å². The molecule has 0 spiro atoms. The largest absolute Gasteiger partial charge is 0.279 e. The Morgan fingerprint density at radius 1 is 1.16 bits per heavy atom. The van der Waals surface area contributed by atoms with E-state index in [2.05, 4.69) is 4.99 Å². The van der Waals surface area contributed by atoms with Gasteiger partial charge in [-0.05, 0) is 47.5 Å². The van der Waals surface area contributed by atoms with Gasteiger partial charge in [-0.15, -0.1) is 0 Å². The minimum absolute atomic E-state index is 0.0116. The van der Waals surface area contributed by atoms with Crippen molar-refractivity contribution in [3.63, 3.8) is 0 Å². The second kappa shape index (κ2) is 8.56. The maximum Gasteiger partial charge on any atom is 0.244 e. The maximum atomic E-state index is 12.2. The van der Waals surface area contributed by atoms with Gasteiger partial charge >= 0.3 is 0 Å². The van der Waals surface area contributed by atoms with Crippen LogP contribution in [0, 0.1) is 0 Å². The van der Waals surface area contributed by atoms with E-state index in [9.17, 15) is 4.79 Å². The highest BCUT2D eigenvalue weighted by atomic mass is 35.5. The molecule has 0 saturated heterocycles. The van der Waals surface area contributed by atoms with Gasteiger partial charge in [0.25, 0.3) is 0 Å². The minimum Gasteiger partial charge on any atom is -0.279 e. The highest BCUT2D eigenvalue weighted by molar-refractivity contribution is 8.45. The van der Waals surface area contributed by atoms with Gasteiger partial charge in [0.1, 0.15) is 10.1 Å². The molecule has 1 aliphatic heterocycles. The molecule has 0 unspecified atom stereocenters. The van der Waals surface area contributed by atoms with Gasteiger partial charge in [0, 0.05) is 10.8 Å². The van der Waals surface area contributed by atoms with E-state index >= 15 is 0 Å². The molecule has 0 radical (unpaired) electrons. The van der Waals surface area contributed by atoms with Crippen LogP contribution in [0.1, 0.15) is 18.1 Å². The summed E-state index contributed by atoms with van der Waals surface area (Å²) in [6.45, 7) is 1.97. The first-order valence-electron chi connectivity index (χ1n) is 7.74. The van der Waals surface area contributed by atoms with Crippen molar-refractivity contribution in [1.82, 2.24) is 0 Å². The van der Waals surface area contributed by atoms with Crippen LogP contribution in [0.5, 0.6) is 0 Å². The number of allylic oxidation sites excluding steroid dienone is 2. The molecule has 5 heteroatoms. The molecule has 0 N–H and O–H groups in total. The third-order valence-corrected chi connectivity index (χ3v) is 5.89. The zero-order valence-corrected chi connectivity index (χ0v) is 16.0. The smallest absolute Gasteiger partial charge is 0.244 e. The first kappa shape index (κ1) is 18.1. The second-order valence-electron chi connectivity index (χ2n) is 5.48. The van der Waals surface area contributed by atoms with E-state index in [1.807, 2.05) is 73.7 Å². The van der Waals surface area contributed by atoms with Crippen LogP contribution in [-0.2, 0) is 10.5 Å². The van der Waals surface area contributed by atoms with Crippen molar-refractivity contribution in [3.8, 4) is 0 Å². The number of halogens is 1. The van der Waals surface area contributed by atoms with E-state index in [1.54, 1.807) is 0 Å². The van der Waals surface area contributed by atoms with Crippen LogP contribution < -0.4 is 0 Å². The average molecular weight is 386 g/mol. The van der Waals surface area contributed by atoms with Crippen LogP contribution in [0.15, 0.2) is 76.9 Å². The fourth-order valence-electron chi connectivity index (χ4n) is 2.28. The second-order valence-corrected chi connectivity index (χ2v) is 8.07. The lowest BCUT2D eigenvalue weighted by Gasteiger charge is -2.02. The van der Waals surface area contributed by atoms with Crippen LogP contribution in [0.3, 0.4) is 0 Å². The molecule has 2 aromatic rings. The van der Waals surface area contributed by atoms with Crippen molar-refractivity contribution in [3.05, 3.63) is 88.1 Å².